The number of carbonyl (C=O) groups excluding carboxylic acids is 3. The van der Waals surface area contributed by atoms with Crippen LogP contribution in [0.25, 0.3) is 0 Å². The highest BCUT2D eigenvalue weighted by Crippen LogP contribution is 2.20. The third-order valence-corrected chi connectivity index (χ3v) is 4.58. The fourth-order valence-electron chi connectivity index (χ4n) is 2.40. The van der Waals surface area contributed by atoms with E-state index in [2.05, 4.69) is 5.32 Å². The van der Waals surface area contributed by atoms with Crippen LogP contribution in [0, 0.1) is 5.92 Å². The predicted molar refractivity (Wildman–Crippen MR) is 84.7 cm³/mol. The zero-order valence-electron chi connectivity index (χ0n) is 12.9. The quantitative estimate of drug-likeness (QED) is 0.891. The van der Waals surface area contributed by atoms with Crippen LogP contribution in [0.3, 0.4) is 0 Å². The number of nitrogens with zero attached hydrogens (tertiary/aromatic N) is 2. The molecule has 0 aliphatic carbocycles. The maximum absolute atomic E-state index is 12.3. The molecule has 1 aliphatic heterocycles. The summed E-state index contributed by atoms with van der Waals surface area (Å²) in [4.78, 5) is 39.9. The Morgan fingerprint density at radius 1 is 1.41 bits per heavy atom. The highest BCUT2D eigenvalue weighted by atomic mass is 32.1. The minimum absolute atomic E-state index is 0.00119. The first-order valence-corrected chi connectivity index (χ1v) is 8.17. The molecular formula is C15H21N3O3S. The van der Waals surface area contributed by atoms with Gasteiger partial charge in [-0.25, -0.2) is 0 Å². The number of amides is 3. The lowest BCUT2D eigenvalue weighted by Gasteiger charge is -2.31. The number of hydrogen-bond acceptors (Lipinski definition) is 4. The van der Waals surface area contributed by atoms with Crippen LogP contribution in [0.15, 0.2) is 17.5 Å². The van der Waals surface area contributed by atoms with Crippen molar-refractivity contribution >= 4 is 29.1 Å². The van der Waals surface area contributed by atoms with Crippen LogP contribution in [0.2, 0.25) is 0 Å². The Morgan fingerprint density at radius 3 is 2.82 bits per heavy atom. The summed E-state index contributed by atoms with van der Waals surface area (Å²) < 4.78 is 0. The average Bonchev–Trinajstić information content (AvgIpc) is 3.05. The molecule has 2 rings (SSSR count). The van der Waals surface area contributed by atoms with Crippen molar-refractivity contribution in [1.82, 2.24) is 15.1 Å². The van der Waals surface area contributed by atoms with Crippen LogP contribution in [-0.2, 0) is 9.59 Å². The van der Waals surface area contributed by atoms with Crippen LogP contribution >= 0.6 is 11.3 Å². The first kappa shape index (κ1) is 16.5. The summed E-state index contributed by atoms with van der Waals surface area (Å²) >= 11 is 1.41. The van der Waals surface area contributed by atoms with Crippen molar-refractivity contribution < 1.29 is 14.4 Å². The predicted octanol–water partition coefficient (Wildman–Crippen LogP) is 0.805. The average molecular weight is 323 g/mol. The summed E-state index contributed by atoms with van der Waals surface area (Å²) in [6.07, 6.45) is 1.55. The Hall–Kier alpha value is -1.89. The molecule has 0 saturated carbocycles. The van der Waals surface area contributed by atoms with E-state index in [0.29, 0.717) is 18.0 Å². The number of thiophene rings is 1. The number of likely N-dealkylation sites (N-methyl/N-ethyl adjacent to an activating group) is 1. The van der Waals surface area contributed by atoms with Crippen molar-refractivity contribution in [2.24, 2.45) is 5.92 Å². The van der Waals surface area contributed by atoms with Gasteiger partial charge in [-0.05, 0) is 24.3 Å². The second kappa shape index (κ2) is 7.40. The topological polar surface area (TPSA) is 69.7 Å². The van der Waals surface area contributed by atoms with Gasteiger partial charge in [-0.1, -0.05) is 6.07 Å². The number of likely N-dealkylation sites (tertiary alicyclic amines) is 1. The van der Waals surface area contributed by atoms with E-state index in [-0.39, 0.29) is 30.2 Å². The Kier molecular flexibility index (Phi) is 5.54. The van der Waals surface area contributed by atoms with Crippen LogP contribution in [0.5, 0.6) is 0 Å². The largest absolute Gasteiger partial charge is 0.347 e. The maximum atomic E-state index is 12.3. The fourth-order valence-corrected chi connectivity index (χ4v) is 3.09. The van der Waals surface area contributed by atoms with E-state index in [9.17, 15) is 14.4 Å². The Bertz CT molecular complexity index is 542. The molecule has 1 fully saturated rings. The lowest BCUT2D eigenvalue weighted by molar-refractivity contribution is -0.132. The molecule has 120 valence electrons. The van der Waals surface area contributed by atoms with E-state index < -0.39 is 0 Å². The summed E-state index contributed by atoms with van der Waals surface area (Å²) in [7, 11) is 3.30. The molecule has 3 amide bonds. The smallest absolute Gasteiger partial charge is 0.263 e. The van der Waals surface area contributed by atoms with Gasteiger partial charge in [-0.15, -0.1) is 11.3 Å². The van der Waals surface area contributed by atoms with Crippen molar-refractivity contribution in [3.8, 4) is 0 Å². The van der Waals surface area contributed by atoms with Crippen molar-refractivity contribution in [3.63, 3.8) is 0 Å². The van der Waals surface area contributed by atoms with Crippen LogP contribution in [-0.4, -0.2) is 61.3 Å². The summed E-state index contributed by atoms with van der Waals surface area (Å²) in [6, 6.07) is 3.64. The first-order chi connectivity index (χ1) is 10.5. The second-order valence-electron chi connectivity index (χ2n) is 5.57. The zero-order valence-corrected chi connectivity index (χ0v) is 13.7. The van der Waals surface area contributed by atoms with Crippen LogP contribution in [0.1, 0.15) is 22.5 Å². The summed E-state index contributed by atoms with van der Waals surface area (Å²) in [5.41, 5.74) is 0. The molecule has 0 radical (unpaired) electrons. The van der Waals surface area contributed by atoms with Gasteiger partial charge in [0.15, 0.2) is 0 Å². The highest BCUT2D eigenvalue weighted by molar-refractivity contribution is 7.12. The normalized spacial score (nSPS) is 17.9. The van der Waals surface area contributed by atoms with Gasteiger partial charge >= 0.3 is 0 Å². The lowest BCUT2D eigenvalue weighted by atomic mass is 9.97. The molecule has 6 nitrogen and oxygen atoms in total. The van der Waals surface area contributed by atoms with Gasteiger partial charge in [0.25, 0.3) is 5.91 Å². The molecule has 1 atom stereocenters. The number of hydrogen-bond donors (Lipinski definition) is 1. The number of piperidine rings is 1. The van der Waals surface area contributed by atoms with Gasteiger partial charge in [-0.2, -0.15) is 0 Å². The molecule has 0 spiro atoms. The molecule has 22 heavy (non-hydrogen) atoms. The summed E-state index contributed by atoms with van der Waals surface area (Å²) in [6.45, 7) is 1.09. The molecule has 1 aromatic rings. The second-order valence-corrected chi connectivity index (χ2v) is 6.52. The van der Waals surface area contributed by atoms with Crippen LogP contribution < -0.4 is 5.32 Å². The standard InChI is InChI=1S/C15H21N3O3S/c1-17(2)13(19)9-16-14(20)11-5-3-7-18(10-11)15(21)12-6-4-8-22-12/h4,6,8,11H,3,5,7,9-10H2,1-2H3,(H,16,20)/t11-/m0/s1. The monoisotopic (exact) mass is 323 g/mol. The van der Waals surface area contributed by atoms with E-state index in [1.54, 1.807) is 25.1 Å². The van der Waals surface area contributed by atoms with Gasteiger partial charge in [0.1, 0.15) is 0 Å². The number of nitrogens with one attached hydrogen (secondary N) is 1. The van der Waals surface area contributed by atoms with Gasteiger partial charge in [0.2, 0.25) is 11.8 Å². The minimum Gasteiger partial charge on any atom is -0.347 e. The molecule has 2 heterocycles. The Labute approximate surface area is 134 Å². The molecule has 1 aromatic heterocycles. The van der Waals surface area contributed by atoms with Crippen LogP contribution in [0.4, 0.5) is 0 Å². The first-order valence-electron chi connectivity index (χ1n) is 7.29. The molecule has 1 N–H and O–H groups in total. The summed E-state index contributed by atoms with van der Waals surface area (Å²) in [5.74, 6) is -0.556. The number of rotatable bonds is 4. The lowest BCUT2D eigenvalue weighted by Crippen LogP contribution is -2.47. The van der Waals surface area contributed by atoms with Gasteiger partial charge < -0.3 is 15.1 Å². The minimum atomic E-state index is -0.243. The third-order valence-electron chi connectivity index (χ3n) is 3.72. The SMILES string of the molecule is CN(C)C(=O)CNC(=O)[C@H]1CCCN(C(=O)c2cccs2)C1. The molecule has 1 aliphatic rings. The Balaban J connectivity index is 1.88. The van der Waals surface area contributed by atoms with E-state index in [4.69, 9.17) is 0 Å². The van der Waals surface area contributed by atoms with E-state index in [0.717, 1.165) is 12.8 Å². The number of carbonyl (C=O) groups is 3. The molecule has 0 aromatic carbocycles. The fraction of sp³-hybridized carbons (Fsp3) is 0.533. The molecular weight excluding hydrogens is 302 g/mol. The van der Waals surface area contributed by atoms with E-state index in [1.165, 1.54) is 16.2 Å². The van der Waals surface area contributed by atoms with Crippen molar-refractivity contribution in [2.75, 3.05) is 33.7 Å². The van der Waals surface area contributed by atoms with Crippen molar-refractivity contribution in [1.29, 1.82) is 0 Å². The zero-order chi connectivity index (χ0) is 16.1. The molecule has 0 bridgehead atoms. The Morgan fingerprint density at radius 2 is 2.18 bits per heavy atom. The van der Waals surface area contributed by atoms with E-state index >= 15 is 0 Å². The third kappa shape index (κ3) is 4.07. The van der Waals surface area contributed by atoms with Crippen molar-refractivity contribution in [3.05, 3.63) is 22.4 Å². The van der Waals surface area contributed by atoms with Gasteiger partial charge in [0.05, 0.1) is 17.3 Å². The molecule has 7 heteroatoms. The summed E-state index contributed by atoms with van der Waals surface area (Å²) in [5, 5.41) is 4.53. The van der Waals surface area contributed by atoms with E-state index in [1.807, 2.05) is 11.4 Å². The van der Waals surface area contributed by atoms with Gasteiger partial charge in [0, 0.05) is 27.2 Å². The van der Waals surface area contributed by atoms with Crippen molar-refractivity contribution in [2.45, 2.75) is 12.8 Å². The molecule has 0 unspecified atom stereocenters. The van der Waals surface area contributed by atoms with Gasteiger partial charge in [-0.3, -0.25) is 14.4 Å². The highest BCUT2D eigenvalue weighted by Gasteiger charge is 2.29. The molecule has 1 saturated heterocycles. The maximum Gasteiger partial charge on any atom is 0.263 e.